The third-order valence-corrected chi connectivity index (χ3v) is 2.67. The Morgan fingerprint density at radius 3 is 2.29 bits per heavy atom. The highest BCUT2D eigenvalue weighted by molar-refractivity contribution is 8.00. The maximum atomic E-state index is 12.0. The monoisotopic (exact) mass is 222 g/mol. The lowest BCUT2D eigenvalue weighted by Crippen LogP contribution is -1.99. The number of rotatable bonds is 1. The van der Waals surface area contributed by atoms with E-state index in [0.717, 1.165) is 5.56 Å². The molecule has 0 saturated heterocycles. The first-order valence-electron chi connectivity index (χ1n) is 3.86. The summed E-state index contributed by atoms with van der Waals surface area (Å²) >= 11 is -0.300. The molecule has 0 aliphatic carbocycles. The van der Waals surface area contributed by atoms with Gasteiger partial charge < -0.3 is 5.11 Å². The third-order valence-electron chi connectivity index (χ3n) is 1.89. The van der Waals surface area contributed by atoms with Crippen LogP contribution in [-0.2, 0) is 0 Å². The fourth-order valence-electron chi connectivity index (χ4n) is 0.983. The highest BCUT2D eigenvalue weighted by atomic mass is 32.2. The summed E-state index contributed by atoms with van der Waals surface area (Å²) in [5.74, 6) is -0.285. The topological polar surface area (TPSA) is 20.2 Å². The predicted molar refractivity (Wildman–Crippen MR) is 49.5 cm³/mol. The van der Waals surface area contributed by atoms with E-state index < -0.39 is 5.51 Å². The molecule has 0 atom stereocenters. The molecule has 0 unspecified atom stereocenters. The fraction of sp³-hybridized carbons (Fsp3) is 0.333. The summed E-state index contributed by atoms with van der Waals surface area (Å²) in [7, 11) is 0. The second kappa shape index (κ2) is 3.73. The van der Waals surface area contributed by atoms with Gasteiger partial charge in [0.2, 0.25) is 0 Å². The van der Waals surface area contributed by atoms with E-state index in [-0.39, 0.29) is 22.4 Å². The molecular formula is C9H9F3OS. The number of hydrogen-bond donors (Lipinski definition) is 1. The zero-order valence-corrected chi connectivity index (χ0v) is 8.46. The van der Waals surface area contributed by atoms with Crippen molar-refractivity contribution in [3.63, 3.8) is 0 Å². The van der Waals surface area contributed by atoms with Gasteiger partial charge in [-0.15, -0.1) is 0 Å². The number of aryl methyl sites for hydroxylation is 1. The van der Waals surface area contributed by atoms with Gasteiger partial charge in [-0.1, -0.05) is 6.07 Å². The van der Waals surface area contributed by atoms with Gasteiger partial charge in [0.25, 0.3) is 0 Å². The SMILES string of the molecule is Cc1ccc(SC(F)(F)F)c(O)c1C. The Bertz CT molecular complexity index is 347. The molecule has 0 saturated carbocycles. The minimum atomic E-state index is -4.36. The summed E-state index contributed by atoms with van der Waals surface area (Å²) < 4.78 is 36.0. The molecule has 0 aromatic heterocycles. The molecule has 14 heavy (non-hydrogen) atoms. The lowest BCUT2D eigenvalue weighted by atomic mass is 10.1. The van der Waals surface area contributed by atoms with Crippen molar-refractivity contribution in [2.75, 3.05) is 0 Å². The zero-order chi connectivity index (χ0) is 10.9. The average molecular weight is 222 g/mol. The molecule has 5 heteroatoms. The van der Waals surface area contributed by atoms with E-state index >= 15 is 0 Å². The molecule has 0 bridgehead atoms. The van der Waals surface area contributed by atoms with Crippen molar-refractivity contribution in [2.45, 2.75) is 24.3 Å². The van der Waals surface area contributed by atoms with Crippen LogP contribution in [0.1, 0.15) is 11.1 Å². The molecular weight excluding hydrogens is 213 g/mol. The summed E-state index contributed by atoms with van der Waals surface area (Å²) in [6.45, 7) is 3.32. The molecule has 0 fully saturated rings. The molecule has 0 spiro atoms. The van der Waals surface area contributed by atoms with Crippen molar-refractivity contribution >= 4 is 11.8 Å². The molecule has 0 amide bonds. The quantitative estimate of drug-likeness (QED) is 0.732. The number of benzene rings is 1. The molecule has 1 aromatic rings. The Kier molecular flexibility index (Phi) is 2.99. The Labute approximate surface area is 83.9 Å². The highest BCUT2D eigenvalue weighted by Crippen LogP contribution is 2.42. The van der Waals surface area contributed by atoms with Crippen LogP contribution in [0.5, 0.6) is 5.75 Å². The maximum absolute atomic E-state index is 12.0. The van der Waals surface area contributed by atoms with E-state index in [9.17, 15) is 18.3 Å². The van der Waals surface area contributed by atoms with Crippen LogP contribution in [0.15, 0.2) is 17.0 Å². The second-order valence-corrected chi connectivity index (χ2v) is 4.01. The number of phenolic OH excluding ortho intramolecular Hbond substituents is 1. The molecule has 1 N–H and O–H groups in total. The van der Waals surface area contributed by atoms with Crippen LogP contribution in [0.4, 0.5) is 13.2 Å². The molecule has 0 aliphatic heterocycles. The highest BCUT2D eigenvalue weighted by Gasteiger charge is 2.30. The number of hydrogen-bond acceptors (Lipinski definition) is 2. The van der Waals surface area contributed by atoms with Gasteiger partial charge in [-0.05, 0) is 42.8 Å². The van der Waals surface area contributed by atoms with Gasteiger partial charge in [-0.3, -0.25) is 0 Å². The maximum Gasteiger partial charge on any atom is 0.446 e. The second-order valence-electron chi connectivity index (χ2n) is 2.90. The predicted octanol–water partition coefficient (Wildman–Crippen LogP) is 3.62. The molecule has 78 valence electrons. The first-order chi connectivity index (χ1) is 6.31. The molecule has 0 heterocycles. The van der Waals surface area contributed by atoms with Gasteiger partial charge in [0.1, 0.15) is 5.75 Å². The van der Waals surface area contributed by atoms with Crippen molar-refractivity contribution in [2.24, 2.45) is 0 Å². The summed E-state index contributed by atoms with van der Waals surface area (Å²) in [5.41, 5.74) is -3.10. The van der Waals surface area contributed by atoms with E-state index in [1.807, 2.05) is 0 Å². The largest absolute Gasteiger partial charge is 0.506 e. The summed E-state index contributed by atoms with van der Waals surface area (Å²) in [4.78, 5) is -0.152. The number of halogens is 3. The van der Waals surface area contributed by atoms with Gasteiger partial charge >= 0.3 is 5.51 Å². The van der Waals surface area contributed by atoms with E-state index in [0.29, 0.717) is 5.56 Å². The minimum Gasteiger partial charge on any atom is -0.506 e. The number of aromatic hydroxyl groups is 1. The Hall–Kier alpha value is -0.840. The van der Waals surface area contributed by atoms with Gasteiger partial charge in [-0.2, -0.15) is 13.2 Å². The van der Waals surface area contributed by atoms with Gasteiger partial charge in [0.05, 0.1) is 4.90 Å². The lowest BCUT2D eigenvalue weighted by molar-refractivity contribution is -0.0329. The molecule has 1 nitrogen and oxygen atoms in total. The van der Waals surface area contributed by atoms with Crippen LogP contribution in [-0.4, -0.2) is 10.6 Å². The third kappa shape index (κ3) is 2.57. The smallest absolute Gasteiger partial charge is 0.446 e. The van der Waals surface area contributed by atoms with Crippen LogP contribution >= 0.6 is 11.8 Å². The first-order valence-corrected chi connectivity index (χ1v) is 4.68. The van der Waals surface area contributed by atoms with Crippen molar-refractivity contribution in [1.29, 1.82) is 0 Å². The number of thioether (sulfide) groups is 1. The molecule has 1 rings (SSSR count). The van der Waals surface area contributed by atoms with E-state index in [1.54, 1.807) is 19.9 Å². The molecule has 0 aliphatic rings. The van der Waals surface area contributed by atoms with E-state index in [1.165, 1.54) is 6.07 Å². The Morgan fingerprint density at radius 1 is 1.21 bits per heavy atom. The summed E-state index contributed by atoms with van der Waals surface area (Å²) in [6.07, 6.45) is 0. The number of alkyl halides is 3. The normalized spacial score (nSPS) is 11.8. The van der Waals surface area contributed by atoms with E-state index in [2.05, 4.69) is 0 Å². The average Bonchev–Trinajstić information content (AvgIpc) is 2.04. The zero-order valence-electron chi connectivity index (χ0n) is 7.64. The number of phenols is 1. The van der Waals surface area contributed by atoms with Crippen LogP contribution in [0.2, 0.25) is 0 Å². The Morgan fingerprint density at radius 2 is 1.79 bits per heavy atom. The van der Waals surface area contributed by atoms with Crippen molar-refractivity contribution in [3.05, 3.63) is 23.3 Å². The van der Waals surface area contributed by atoms with Crippen LogP contribution < -0.4 is 0 Å². The van der Waals surface area contributed by atoms with Gasteiger partial charge in [-0.25, -0.2) is 0 Å². The van der Waals surface area contributed by atoms with E-state index in [4.69, 9.17) is 0 Å². The lowest BCUT2D eigenvalue weighted by Gasteiger charge is -2.10. The summed E-state index contributed by atoms with van der Waals surface area (Å²) in [5, 5.41) is 9.42. The standard InChI is InChI=1S/C9H9F3OS/c1-5-3-4-7(8(13)6(5)2)14-9(10,11)12/h3-4,13H,1-2H3. The summed E-state index contributed by atoms with van der Waals surface area (Å²) in [6, 6.07) is 2.83. The first kappa shape index (κ1) is 11.2. The van der Waals surface area contributed by atoms with Crippen LogP contribution in [0, 0.1) is 13.8 Å². The van der Waals surface area contributed by atoms with Gasteiger partial charge in [0, 0.05) is 0 Å². The van der Waals surface area contributed by atoms with Crippen molar-refractivity contribution in [3.8, 4) is 5.75 Å². The molecule has 0 radical (unpaired) electrons. The fourth-order valence-corrected chi connectivity index (χ4v) is 1.62. The van der Waals surface area contributed by atoms with Crippen molar-refractivity contribution < 1.29 is 18.3 Å². The van der Waals surface area contributed by atoms with Crippen molar-refractivity contribution in [1.82, 2.24) is 0 Å². The minimum absolute atomic E-state index is 0.152. The molecule has 1 aromatic carbocycles. The van der Waals surface area contributed by atoms with Crippen LogP contribution in [0.25, 0.3) is 0 Å². The van der Waals surface area contributed by atoms with Gasteiger partial charge in [0.15, 0.2) is 0 Å². The Balaban J connectivity index is 3.06. The van der Waals surface area contributed by atoms with Crippen LogP contribution in [0.3, 0.4) is 0 Å².